The van der Waals surface area contributed by atoms with Crippen molar-refractivity contribution < 1.29 is 14.3 Å². The molecule has 0 radical (unpaired) electrons. The fourth-order valence-corrected chi connectivity index (χ4v) is 5.20. The summed E-state index contributed by atoms with van der Waals surface area (Å²) >= 11 is 3.42. The van der Waals surface area contributed by atoms with Gasteiger partial charge in [-0.1, -0.05) is 15.9 Å². The number of hydrogen-bond acceptors (Lipinski definition) is 7. The molecule has 3 aromatic rings. The highest BCUT2D eigenvalue weighted by Crippen LogP contribution is 2.27. The molecular weight excluding hydrogens is 536 g/mol. The summed E-state index contributed by atoms with van der Waals surface area (Å²) in [5.74, 6) is 0.361. The van der Waals surface area contributed by atoms with Crippen LogP contribution in [0, 0.1) is 18.3 Å². The number of aromatic nitrogens is 2. The van der Waals surface area contributed by atoms with Crippen LogP contribution in [0.1, 0.15) is 24.1 Å². The molecule has 2 saturated heterocycles. The summed E-state index contributed by atoms with van der Waals surface area (Å²) in [4.78, 5) is 17.4. The molecule has 2 fully saturated rings. The Bertz CT molecular complexity index is 1290. The summed E-state index contributed by atoms with van der Waals surface area (Å²) in [6, 6.07) is 16.0. The standard InChI is InChI=1S/C27H29BrN6O3/c1-19-26(18-30-34(19)24-5-2-21(28)3-6-24)37-27(35)31-22-4-7-25(20(16-22)17-29)33-12-10-32(11-13-33)23-8-14-36-15-9-23/h2-7,16,18,23H,8-15H2,1H3,(H,31,35). The van der Waals surface area contributed by atoms with E-state index in [-0.39, 0.29) is 0 Å². The highest BCUT2D eigenvalue weighted by atomic mass is 79.9. The number of hydrogen-bond donors (Lipinski definition) is 1. The minimum Gasteiger partial charge on any atom is -0.406 e. The van der Waals surface area contributed by atoms with E-state index in [2.05, 4.69) is 42.2 Å². The molecule has 1 amide bonds. The Hall–Kier alpha value is -3.39. The van der Waals surface area contributed by atoms with Crippen LogP contribution in [0.5, 0.6) is 5.75 Å². The van der Waals surface area contributed by atoms with Gasteiger partial charge in [-0.3, -0.25) is 10.2 Å². The van der Waals surface area contributed by atoms with Crippen LogP contribution in [0.25, 0.3) is 5.69 Å². The molecule has 5 rings (SSSR count). The normalized spacial score (nSPS) is 16.8. The number of amides is 1. The largest absolute Gasteiger partial charge is 0.417 e. The number of anilines is 2. The van der Waals surface area contributed by atoms with Gasteiger partial charge in [-0.25, -0.2) is 9.48 Å². The average Bonchev–Trinajstić information content (AvgIpc) is 3.29. The van der Waals surface area contributed by atoms with Crippen LogP contribution in [0.3, 0.4) is 0 Å². The lowest BCUT2D eigenvalue weighted by Crippen LogP contribution is -2.51. The number of halogens is 1. The maximum Gasteiger partial charge on any atom is 0.417 e. The second-order valence-electron chi connectivity index (χ2n) is 9.21. The SMILES string of the molecule is Cc1c(OC(=O)Nc2ccc(N3CCN(C4CCOCC4)CC3)c(C#N)c2)cnn1-c1ccc(Br)cc1. The van der Waals surface area contributed by atoms with Gasteiger partial charge in [0, 0.05) is 55.6 Å². The van der Waals surface area contributed by atoms with E-state index in [1.165, 1.54) is 6.20 Å². The first kappa shape index (κ1) is 25.3. The van der Waals surface area contributed by atoms with Gasteiger partial charge in [-0.2, -0.15) is 10.4 Å². The van der Waals surface area contributed by atoms with E-state index >= 15 is 0 Å². The smallest absolute Gasteiger partial charge is 0.406 e. The van der Waals surface area contributed by atoms with Crippen molar-refractivity contribution in [3.63, 3.8) is 0 Å². The number of nitrogens with one attached hydrogen (secondary N) is 1. The van der Waals surface area contributed by atoms with Crippen molar-refractivity contribution in [2.75, 3.05) is 49.6 Å². The molecule has 0 bridgehead atoms. The Morgan fingerprint density at radius 1 is 1.14 bits per heavy atom. The summed E-state index contributed by atoms with van der Waals surface area (Å²) in [5, 5.41) is 16.9. The summed E-state index contributed by atoms with van der Waals surface area (Å²) in [6.07, 6.45) is 3.05. The molecule has 0 atom stereocenters. The van der Waals surface area contributed by atoms with Crippen LogP contribution in [0.15, 0.2) is 53.1 Å². The number of piperazine rings is 1. The van der Waals surface area contributed by atoms with Crippen molar-refractivity contribution in [3.8, 4) is 17.5 Å². The van der Waals surface area contributed by atoms with Crippen molar-refractivity contribution in [1.29, 1.82) is 5.26 Å². The van der Waals surface area contributed by atoms with Crippen molar-refractivity contribution >= 4 is 33.4 Å². The van der Waals surface area contributed by atoms with E-state index in [0.29, 0.717) is 28.7 Å². The number of nitriles is 1. The fraction of sp³-hybridized carbons (Fsp3) is 0.370. The number of nitrogens with zero attached hydrogens (tertiary/aromatic N) is 5. The molecule has 3 heterocycles. The number of carbonyl (C=O) groups excluding carboxylic acids is 1. The molecule has 0 aliphatic carbocycles. The lowest BCUT2D eigenvalue weighted by molar-refractivity contribution is 0.0321. The molecule has 2 aliphatic heterocycles. The molecule has 2 aromatic carbocycles. The lowest BCUT2D eigenvalue weighted by Gasteiger charge is -2.41. The quantitative estimate of drug-likeness (QED) is 0.478. The van der Waals surface area contributed by atoms with Crippen molar-refractivity contribution in [1.82, 2.24) is 14.7 Å². The Labute approximate surface area is 224 Å². The molecule has 0 unspecified atom stereocenters. The van der Waals surface area contributed by atoms with E-state index in [1.54, 1.807) is 16.8 Å². The van der Waals surface area contributed by atoms with Crippen LogP contribution in [-0.4, -0.2) is 66.2 Å². The second kappa shape index (κ2) is 11.3. The predicted octanol–water partition coefficient (Wildman–Crippen LogP) is 4.73. The minimum atomic E-state index is -0.639. The maximum absolute atomic E-state index is 12.6. The van der Waals surface area contributed by atoms with Crippen molar-refractivity contribution in [3.05, 3.63) is 64.4 Å². The van der Waals surface area contributed by atoms with Crippen LogP contribution in [-0.2, 0) is 4.74 Å². The van der Waals surface area contributed by atoms with E-state index in [9.17, 15) is 10.1 Å². The van der Waals surface area contributed by atoms with Gasteiger partial charge >= 0.3 is 6.09 Å². The Kier molecular flexibility index (Phi) is 7.74. The fourth-order valence-electron chi connectivity index (χ4n) is 4.94. The van der Waals surface area contributed by atoms with Gasteiger partial charge in [0.05, 0.1) is 28.8 Å². The van der Waals surface area contributed by atoms with Crippen LogP contribution in [0.2, 0.25) is 0 Å². The molecule has 0 spiro atoms. The minimum absolute atomic E-state index is 0.361. The predicted molar refractivity (Wildman–Crippen MR) is 144 cm³/mol. The summed E-state index contributed by atoms with van der Waals surface area (Å²) in [5.41, 5.74) is 3.48. The molecule has 10 heteroatoms. The first-order valence-corrected chi connectivity index (χ1v) is 13.2. The summed E-state index contributed by atoms with van der Waals surface area (Å²) < 4.78 is 13.7. The molecule has 192 valence electrons. The monoisotopic (exact) mass is 564 g/mol. The van der Waals surface area contributed by atoms with E-state index in [4.69, 9.17) is 9.47 Å². The summed E-state index contributed by atoms with van der Waals surface area (Å²) in [7, 11) is 0. The maximum atomic E-state index is 12.6. The molecular formula is C27H29BrN6O3. The Balaban J connectivity index is 1.20. The molecule has 1 N–H and O–H groups in total. The first-order valence-electron chi connectivity index (χ1n) is 12.4. The lowest BCUT2D eigenvalue weighted by atomic mass is 10.1. The molecule has 2 aliphatic rings. The topological polar surface area (TPSA) is 95.7 Å². The zero-order chi connectivity index (χ0) is 25.8. The molecule has 9 nitrogen and oxygen atoms in total. The van der Waals surface area contributed by atoms with Gasteiger partial charge in [0.2, 0.25) is 0 Å². The van der Waals surface area contributed by atoms with Crippen LogP contribution >= 0.6 is 15.9 Å². The van der Waals surface area contributed by atoms with E-state index < -0.39 is 6.09 Å². The second-order valence-corrected chi connectivity index (χ2v) is 10.1. The van der Waals surface area contributed by atoms with Crippen LogP contribution < -0.4 is 15.0 Å². The number of benzene rings is 2. The van der Waals surface area contributed by atoms with Gasteiger partial charge in [-0.05, 0) is 62.2 Å². The van der Waals surface area contributed by atoms with Gasteiger partial charge < -0.3 is 14.4 Å². The van der Waals surface area contributed by atoms with Crippen molar-refractivity contribution in [2.45, 2.75) is 25.8 Å². The number of rotatable bonds is 5. The van der Waals surface area contributed by atoms with E-state index in [0.717, 1.165) is 68.1 Å². The van der Waals surface area contributed by atoms with Crippen molar-refractivity contribution in [2.24, 2.45) is 0 Å². The number of carbonyl (C=O) groups is 1. The molecule has 37 heavy (non-hydrogen) atoms. The third kappa shape index (κ3) is 5.80. The van der Waals surface area contributed by atoms with Crippen LogP contribution in [0.4, 0.5) is 16.2 Å². The number of ether oxygens (including phenoxy) is 2. The highest BCUT2D eigenvalue weighted by Gasteiger charge is 2.26. The average molecular weight is 565 g/mol. The Morgan fingerprint density at radius 2 is 1.86 bits per heavy atom. The third-order valence-corrected chi connectivity index (χ3v) is 7.49. The summed E-state index contributed by atoms with van der Waals surface area (Å²) in [6.45, 7) is 7.18. The zero-order valence-electron chi connectivity index (χ0n) is 20.7. The Morgan fingerprint density at radius 3 is 2.57 bits per heavy atom. The van der Waals surface area contributed by atoms with Gasteiger partial charge in [0.15, 0.2) is 5.75 Å². The molecule has 0 saturated carbocycles. The van der Waals surface area contributed by atoms with Gasteiger partial charge in [0.25, 0.3) is 0 Å². The zero-order valence-corrected chi connectivity index (χ0v) is 22.3. The molecule has 1 aromatic heterocycles. The first-order chi connectivity index (χ1) is 18.0. The van der Waals surface area contributed by atoms with E-state index in [1.807, 2.05) is 37.3 Å². The third-order valence-electron chi connectivity index (χ3n) is 6.96. The van der Waals surface area contributed by atoms with Gasteiger partial charge in [0.1, 0.15) is 6.07 Å². The highest BCUT2D eigenvalue weighted by molar-refractivity contribution is 9.10. The van der Waals surface area contributed by atoms with Gasteiger partial charge in [-0.15, -0.1) is 0 Å².